The molecule has 0 aliphatic heterocycles. The number of benzene rings is 2. The predicted molar refractivity (Wildman–Crippen MR) is 79.9 cm³/mol. The molecule has 5 heteroatoms. The first-order chi connectivity index (χ1) is 10.2. The monoisotopic (exact) mass is 282 g/mol. The van der Waals surface area contributed by atoms with Gasteiger partial charge in [0.05, 0.1) is 11.2 Å². The first kappa shape index (κ1) is 13.3. The topological polar surface area (TPSA) is 68.3 Å². The molecule has 0 radical (unpaired) electrons. The number of furan rings is 1. The molecule has 0 aliphatic carbocycles. The maximum atomic E-state index is 10.7. The van der Waals surface area contributed by atoms with Crippen LogP contribution in [0.2, 0.25) is 0 Å². The van der Waals surface area contributed by atoms with Gasteiger partial charge in [0.1, 0.15) is 5.58 Å². The van der Waals surface area contributed by atoms with Gasteiger partial charge in [0.25, 0.3) is 5.69 Å². The molecule has 0 atom stereocenters. The second-order valence-electron chi connectivity index (χ2n) is 4.79. The van der Waals surface area contributed by atoms with E-state index < -0.39 is 0 Å². The van der Waals surface area contributed by atoms with E-state index in [0.29, 0.717) is 13.1 Å². The Hall–Kier alpha value is -2.66. The maximum absolute atomic E-state index is 10.7. The van der Waals surface area contributed by atoms with E-state index in [9.17, 15) is 10.1 Å². The summed E-state index contributed by atoms with van der Waals surface area (Å²) in [7, 11) is 0. The number of hydrogen-bond acceptors (Lipinski definition) is 4. The SMILES string of the molecule is O=[N+]([O-])c1cccc(CNCc2coc3ccccc23)c1. The van der Waals surface area contributed by atoms with Gasteiger partial charge in [-0.1, -0.05) is 30.3 Å². The third-order valence-electron chi connectivity index (χ3n) is 3.33. The molecular weight excluding hydrogens is 268 g/mol. The number of fused-ring (bicyclic) bond motifs is 1. The molecule has 5 nitrogen and oxygen atoms in total. The molecule has 3 aromatic rings. The highest BCUT2D eigenvalue weighted by Gasteiger charge is 2.07. The zero-order valence-corrected chi connectivity index (χ0v) is 11.3. The number of non-ortho nitro benzene ring substituents is 1. The van der Waals surface area contributed by atoms with Crippen molar-refractivity contribution in [3.63, 3.8) is 0 Å². The van der Waals surface area contributed by atoms with E-state index in [1.54, 1.807) is 18.4 Å². The van der Waals surface area contributed by atoms with Crippen molar-refractivity contribution >= 4 is 16.7 Å². The van der Waals surface area contributed by atoms with Gasteiger partial charge in [-0.2, -0.15) is 0 Å². The van der Waals surface area contributed by atoms with Crippen molar-refractivity contribution in [1.82, 2.24) is 5.32 Å². The lowest BCUT2D eigenvalue weighted by Gasteiger charge is -2.04. The van der Waals surface area contributed by atoms with E-state index >= 15 is 0 Å². The Morgan fingerprint density at radius 1 is 1.10 bits per heavy atom. The van der Waals surface area contributed by atoms with Gasteiger partial charge in [-0.25, -0.2) is 0 Å². The molecule has 3 rings (SSSR count). The molecule has 0 spiro atoms. The fraction of sp³-hybridized carbons (Fsp3) is 0.125. The number of hydrogen-bond donors (Lipinski definition) is 1. The number of nitro groups is 1. The lowest BCUT2D eigenvalue weighted by atomic mass is 10.1. The third kappa shape index (κ3) is 2.93. The third-order valence-corrected chi connectivity index (χ3v) is 3.33. The van der Waals surface area contributed by atoms with E-state index in [1.165, 1.54) is 6.07 Å². The Kier molecular flexibility index (Phi) is 3.66. The normalized spacial score (nSPS) is 10.9. The Labute approximate surface area is 121 Å². The Morgan fingerprint density at radius 3 is 2.81 bits per heavy atom. The molecule has 1 heterocycles. The summed E-state index contributed by atoms with van der Waals surface area (Å²) in [6, 6.07) is 14.5. The van der Waals surface area contributed by atoms with Crippen LogP contribution in [0, 0.1) is 10.1 Å². The molecule has 1 N–H and O–H groups in total. The molecule has 0 amide bonds. The van der Waals surface area contributed by atoms with Crippen molar-refractivity contribution in [2.24, 2.45) is 0 Å². The molecule has 0 unspecified atom stereocenters. The smallest absolute Gasteiger partial charge is 0.269 e. The number of nitro benzene ring substituents is 1. The Balaban J connectivity index is 1.66. The summed E-state index contributed by atoms with van der Waals surface area (Å²) in [5.41, 5.74) is 2.95. The van der Waals surface area contributed by atoms with Crippen LogP contribution < -0.4 is 5.32 Å². The summed E-state index contributed by atoms with van der Waals surface area (Å²) in [4.78, 5) is 10.4. The van der Waals surface area contributed by atoms with Gasteiger partial charge < -0.3 is 9.73 Å². The highest BCUT2D eigenvalue weighted by molar-refractivity contribution is 5.80. The molecule has 0 bridgehead atoms. The molecule has 2 aromatic carbocycles. The minimum absolute atomic E-state index is 0.114. The van der Waals surface area contributed by atoms with E-state index in [0.717, 1.165) is 22.1 Å². The fourth-order valence-electron chi connectivity index (χ4n) is 2.29. The van der Waals surface area contributed by atoms with Crippen LogP contribution in [0.1, 0.15) is 11.1 Å². The number of para-hydroxylation sites is 1. The van der Waals surface area contributed by atoms with Crippen LogP contribution in [0.15, 0.2) is 59.2 Å². The quantitative estimate of drug-likeness (QED) is 0.573. The van der Waals surface area contributed by atoms with E-state index in [2.05, 4.69) is 5.32 Å². The van der Waals surface area contributed by atoms with Crippen molar-refractivity contribution in [2.75, 3.05) is 0 Å². The minimum Gasteiger partial charge on any atom is -0.464 e. The van der Waals surface area contributed by atoms with Crippen LogP contribution in [0.25, 0.3) is 11.0 Å². The summed E-state index contributed by atoms with van der Waals surface area (Å²) in [5.74, 6) is 0. The summed E-state index contributed by atoms with van der Waals surface area (Å²) in [6.07, 6.45) is 1.74. The molecule has 106 valence electrons. The molecule has 21 heavy (non-hydrogen) atoms. The highest BCUT2D eigenvalue weighted by Crippen LogP contribution is 2.20. The molecule has 1 aromatic heterocycles. The van der Waals surface area contributed by atoms with Gasteiger partial charge >= 0.3 is 0 Å². The second kappa shape index (κ2) is 5.76. The average Bonchev–Trinajstić information content (AvgIpc) is 2.91. The van der Waals surface area contributed by atoms with Crippen molar-refractivity contribution in [3.8, 4) is 0 Å². The lowest BCUT2D eigenvalue weighted by Crippen LogP contribution is -2.12. The van der Waals surface area contributed by atoms with Gasteiger partial charge in [0.15, 0.2) is 0 Å². The summed E-state index contributed by atoms with van der Waals surface area (Å²) < 4.78 is 5.47. The lowest BCUT2D eigenvalue weighted by molar-refractivity contribution is -0.384. The molecule has 0 saturated carbocycles. The Bertz CT molecular complexity index is 780. The number of nitrogens with zero attached hydrogens (tertiary/aromatic N) is 1. The van der Waals surface area contributed by atoms with Gasteiger partial charge in [-0.05, 0) is 11.6 Å². The van der Waals surface area contributed by atoms with Crippen molar-refractivity contribution < 1.29 is 9.34 Å². The van der Waals surface area contributed by atoms with Crippen LogP contribution in [0.5, 0.6) is 0 Å². The molecule has 0 fully saturated rings. The van der Waals surface area contributed by atoms with Crippen molar-refractivity contribution in [1.29, 1.82) is 0 Å². The zero-order chi connectivity index (χ0) is 14.7. The first-order valence-corrected chi connectivity index (χ1v) is 6.63. The maximum Gasteiger partial charge on any atom is 0.269 e. The summed E-state index contributed by atoms with van der Waals surface area (Å²) in [5, 5.41) is 15.1. The fourth-order valence-corrected chi connectivity index (χ4v) is 2.29. The van der Waals surface area contributed by atoms with E-state index in [-0.39, 0.29) is 10.6 Å². The van der Waals surface area contributed by atoms with E-state index in [4.69, 9.17) is 4.42 Å². The van der Waals surface area contributed by atoms with Crippen LogP contribution in [0.3, 0.4) is 0 Å². The Morgan fingerprint density at radius 2 is 1.95 bits per heavy atom. The second-order valence-corrected chi connectivity index (χ2v) is 4.79. The van der Waals surface area contributed by atoms with Gasteiger partial charge in [0, 0.05) is 36.2 Å². The molecule has 0 saturated heterocycles. The van der Waals surface area contributed by atoms with Crippen molar-refractivity contribution in [3.05, 3.63) is 76.0 Å². The van der Waals surface area contributed by atoms with Gasteiger partial charge in [-0.15, -0.1) is 0 Å². The van der Waals surface area contributed by atoms with Gasteiger partial charge in [-0.3, -0.25) is 10.1 Å². The van der Waals surface area contributed by atoms with Crippen LogP contribution in [-0.4, -0.2) is 4.92 Å². The highest BCUT2D eigenvalue weighted by atomic mass is 16.6. The van der Waals surface area contributed by atoms with Crippen LogP contribution in [0.4, 0.5) is 5.69 Å². The standard InChI is InChI=1S/C16H14N2O3/c19-18(20)14-5-3-4-12(8-14)9-17-10-13-11-21-16-7-2-1-6-15(13)16/h1-8,11,17H,9-10H2. The zero-order valence-electron chi connectivity index (χ0n) is 11.3. The number of nitrogens with one attached hydrogen (secondary N) is 1. The van der Waals surface area contributed by atoms with E-state index in [1.807, 2.05) is 30.3 Å². The van der Waals surface area contributed by atoms with Gasteiger partial charge in [0.2, 0.25) is 0 Å². The predicted octanol–water partition coefficient (Wildman–Crippen LogP) is 3.63. The first-order valence-electron chi connectivity index (χ1n) is 6.63. The number of rotatable bonds is 5. The molecule has 0 aliphatic rings. The summed E-state index contributed by atoms with van der Waals surface area (Å²) >= 11 is 0. The molecular formula is C16H14N2O3. The largest absolute Gasteiger partial charge is 0.464 e. The van der Waals surface area contributed by atoms with Crippen molar-refractivity contribution in [2.45, 2.75) is 13.1 Å². The summed E-state index contributed by atoms with van der Waals surface area (Å²) in [6.45, 7) is 1.22. The van der Waals surface area contributed by atoms with Crippen LogP contribution >= 0.6 is 0 Å². The average molecular weight is 282 g/mol. The van der Waals surface area contributed by atoms with Crippen LogP contribution in [-0.2, 0) is 13.1 Å². The minimum atomic E-state index is -0.382.